The van der Waals surface area contributed by atoms with Crippen molar-refractivity contribution in [3.05, 3.63) is 23.8 Å². The number of carbonyl (C=O) groups excluding carboxylic acids is 2. The smallest absolute Gasteiger partial charge is 0.315 e. The van der Waals surface area contributed by atoms with E-state index in [0.717, 1.165) is 5.56 Å². The third-order valence-electron chi connectivity index (χ3n) is 3.40. The summed E-state index contributed by atoms with van der Waals surface area (Å²) in [5, 5.41) is 5.26. The summed E-state index contributed by atoms with van der Waals surface area (Å²) in [6, 6.07) is 4.77. The molecule has 0 spiro atoms. The topological polar surface area (TPSA) is 103 Å². The summed E-state index contributed by atoms with van der Waals surface area (Å²) in [5.74, 6) is 0.799. The zero-order valence-corrected chi connectivity index (χ0v) is 12.9. The van der Waals surface area contributed by atoms with E-state index in [2.05, 4.69) is 10.6 Å². The van der Waals surface area contributed by atoms with E-state index in [1.807, 2.05) is 32.0 Å². The highest BCUT2D eigenvalue weighted by molar-refractivity contribution is 5.83. The molecular formula is C15H21N3O4. The van der Waals surface area contributed by atoms with Crippen molar-refractivity contribution in [2.45, 2.75) is 31.9 Å². The molecule has 1 aliphatic heterocycles. The molecule has 1 aromatic rings. The Labute approximate surface area is 129 Å². The van der Waals surface area contributed by atoms with E-state index in [4.69, 9.17) is 15.2 Å². The number of nitrogens with two attached hydrogens (primary N) is 1. The highest BCUT2D eigenvalue weighted by Crippen LogP contribution is 2.40. The van der Waals surface area contributed by atoms with Crippen LogP contribution < -0.4 is 25.8 Å². The van der Waals surface area contributed by atoms with Crippen LogP contribution in [0, 0.1) is 0 Å². The van der Waals surface area contributed by atoms with Gasteiger partial charge in [-0.05, 0) is 32.0 Å². The molecule has 0 saturated heterocycles. The Kier molecular flexibility index (Phi) is 4.44. The molecule has 22 heavy (non-hydrogen) atoms. The van der Waals surface area contributed by atoms with Crippen LogP contribution in [-0.4, -0.2) is 31.2 Å². The first-order valence-electron chi connectivity index (χ1n) is 7.00. The predicted molar refractivity (Wildman–Crippen MR) is 80.8 cm³/mol. The number of methoxy groups -OCH3 is 1. The molecule has 0 aromatic heterocycles. The molecule has 0 radical (unpaired) electrons. The van der Waals surface area contributed by atoms with Crippen molar-refractivity contribution in [2.24, 2.45) is 5.73 Å². The second-order valence-electron chi connectivity index (χ2n) is 5.82. The molecule has 1 atom stereocenters. The van der Waals surface area contributed by atoms with E-state index in [-0.39, 0.29) is 12.6 Å². The lowest BCUT2D eigenvalue weighted by Gasteiger charge is -2.38. The van der Waals surface area contributed by atoms with Crippen molar-refractivity contribution in [3.63, 3.8) is 0 Å². The molecular weight excluding hydrogens is 286 g/mol. The average Bonchev–Trinajstić information content (AvgIpc) is 2.43. The standard InChI is InChI=1S/C15H21N3O4/c1-15(2)7-11(18-14(20)17-8-13(16)19)10-6-9(21-3)4-5-12(10)22-15/h4-6,11H,7-8H2,1-3H3,(H2,16,19)(H2,17,18,20)/t11-/m0/s1. The van der Waals surface area contributed by atoms with Gasteiger partial charge in [-0.15, -0.1) is 0 Å². The fraction of sp³-hybridized carbons (Fsp3) is 0.467. The van der Waals surface area contributed by atoms with Gasteiger partial charge < -0.3 is 25.8 Å². The van der Waals surface area contributed by atoms with Gasteiger partial charge in [-0.2, -0.15) is 0 Å². The zero-order chi connectivity index (χ0) is 16.3. The van der Waals surface area contributed by atoms with Crippen LogP contribution >= 0.6 is 0 Å². The molecule has 7 nitrogen and oxygen atoms in total. The second-order valence-corrected chi connectivity index (χ2v) is 5.82. The molecule has 2 rings (SSSR count). The molecule has 0 unspecified atom stereocenters. The van der Waals surface area contributed by atoms with Gasteiger partial charge in [0.15, 0.2) is 0 Å². The van der Waals surface area contributed by atoms with Crippen LogP contribution in [-0.2, 0) is 4.79 Å². The lowest BCUT2D eigenvalue weighted by atomic mass is 9.89. The summed E-state index contributed by atoms with van der Waals surface area (Å²) in [7, 11) is 1.58. The number of hydrogen-bond donors (Lipinski definition) is 3. The van der Waals surface area contributed by atoms with Crippen molar-refractivity contribution < 1.29 is 19.1 Å². The third-order valence-corrected chi connectivity index (χ3v) is 3.40. The number of hydrogen-bond acceptors (Lipinski definition) is 4. The molecule has 120 valence electrons. The fourth-order valence-electron chi connectivity index (χ4n) is 2.47. The lowest BCUT2D eigenvalue weighted by Crippen LogP contribution is -2.46. The maximum atomic E-state index is 11.9. The number of rotatable bonds is 4. The fourth-order valence-corrected chi connectivity index (χ4v) is 2.47. The van der Waals surface area contributed by atoms with Crippen LogP contribution in [0.1, 0.15) is 31.9 Å². The number of amides is 3. The molecule has 0 fully saturated rings. The Morgan fingerprint density at radius 2 is 2.18 bits per heavy atom. The monoisotopic (exact) mass is 307 g/mol. The maximum Gasteiger partial charge on any atom is 0.315 e. The summed E-state index contributed by atoms with van der Waals surface area (Å²) in [4.78, 5) is 22.6. The van der Waals surface area contributed by atoms with Gasteiger partial charge in [-0.1, -0.05) is 0 Å². The first-order valence-corrected chi connectivity index (χ1v) is 7.00. The van der Waals surface area contributed by atoms with Crippen molar-refractivity contribution in [1.82, 2.24) is 10.6 Å². The number of primary amides is 1. The first-order chi connectivity index (χ1) is 10.3. The summed E-state index contributed by atoms with van der Waals surface area (Å²) >= 11 is 0. The molecule has 4 N–H and O–H groups in total. The van der Waals surface area contributed by atoms with E-state index in [9.17, 15) is 9.59 Å². The quantitative estimate of drug-likeness (QED) is 0.774. The normalized spacial score (nSPS) is 18.6. The van der Waals surface area contributed by atoms with Gasteiger partial charge in [0.2, 0.25) is 5.91 Å². The Morgan fingerprint density at radius 3 is 2.82 bits per heavy atom. The van der Waals surface area contributed by atoms with Gasteiger partial charge in [-0.3, -0.25) is 4.79 Å². The largest absolute Gasteiger partial charge is 0.497 e. The Hall–Kier alpha value is -2.44. The number of carbonyl (C=O) groups is 2. The summed E-state index contributed by atoms with van der Waals surface area (Å²) in [5.41, 5.74) is 5.44. The van der Waals surface area contributed by atoms with E-state index >= 15 is 0 Å². The highest BCUT2D eigenvalue weighted by Gasteiger charge is 2.34. The van der Waals surface area contributed by atoms with Crippen molar-refractivity contribution in [1.29, 1.82) is 0 Å². The molecule has 1 aliphatic rings. The van der Waals surface area contributed by atoms with Gasteiger partial charge in [0.1, 0.15) is 17.1 Å². The summed E-state index contributed by atoms with van der Waals surface area (Å²) in [6.07, 6.45) is 0.594. The molecule has 0 saturated carbocycles. The Balaban J connectivity index is 2.20. The second kappa shape index (κ2) is 6.13. The van der Waals surface area contributed by atoms with E-state index in [0.29, 0.717) is 17.9 Å². The van der Waals surface area contributed by atoms with Gasteiger partial charge in [0, 0.05) is 12.0 Å². The van der Waals surface area contributed by atoms with Crippen molar-refractivity contribution in [3.8, 4) is 11.5 Å². The first kappa shape index (κ1) is 15.9. The number of fused-ring (bicyclic) bond motifs is 1. The minimum atomic E-state index is -0.593. The summed E-state index contributed by atoms with van der Waals surface area (Å²) < 4.78 is 11.1. The highest BCUT2D eigenvalue weighted by atomic mass is 16.5. The minimum Gasteiger partial charge on any atom is -0.497 e. The number of urea groups is 1. The molecule has 1 aromatic carbocycles. The molecule has 3 amide bonds. The lowest BCUT2D eigenvalue weighted by molar-refractivity contribution is -0.117. The van der Waals surface area contributed by atoms with E-state index in [1.165, 1.54) is 0 Å². The molecule has 1 heterocycles. The van der Waals surface area contributed by atoms with E-state index in [1.54, 1.807) is 7.11 Å². The molecule has 7 heteroatoms. The summed E-state index contributed by atoms with van der Waals surface area (Å²) in [6.45, 7) is 3.70. The maximum absolute atomic E-state index is 11.9. The van der Waals surface area contributed by atoms with Crippen LogP contribution in [0.15, 0.2) is 18.2 Å². The van der Waals surface area contributed by atoms with Gasteiger partial charge in [0.25, 0.3) is 0 Å². The number of ether oxygens (including phenoxy) is 2. The van der Waals surface area contributed by atoms with E-state index < -0.39 is 17.5 Å². The van der Waals surface area contributed by atoms with Gasteiger partial charge in [0.05, 0.1) is 19.7 Å². The van der Waals surface area contributed by atoms with Crippen LogP contribution in [0.25, 0.3) is 0 Å². The average molecular weight is 307 g/mol. The number of benzene rings is 1. The third kappa shape index (κ3) is 3.81. The minimum absolute atomic E-state index is 0.205. The Bertz CT molecular complexity index is 586. The zero-order valence-electron chi connectivity index (χ0n) is 12.9. The van der Waals surface area contributed by atoms with Crippen LogP contribution in [0.5, 0.6) is 11.5 Å². The number of nitrogens with one attached hydrogen (secondary N) is 2. The van der Waals surface area contributed by atoms with Crippen LogP contribution in [0.3, 0.4) is 0 Å². The SMILES string of the molecule is COc1ccc2c(c1)[C@@H](NC(=O)NCC(N)=O)CC(C)(C)O2. The predicted octanol–water partition coefficient (Wildman–Crippen LogP) is 1.08. The Morgan fingerprint density at radius 1 is 1.45 bits per heavy atom. The molecule has 0 aliphatic carbocycles. The molecule has 0 bridgehead atoms. The van der Waals surface area contributed by atoms with Crippen LogP contribution in [0.2, 0.25) is 0 Å². The van der Waals surface area contributed by atoms with Crippen LogP contribution in [0.4, 0.5) is 4.79 Å². The van der Waals surface area contributed by atoms with Crippen molar-refractivity contribution in [2.75, 3.05) is 13.7 Å². The van der Waals surface area contributed by atoms with Gasteiger partial charge in [-0.25, -0.2) is 4.79 Å². The van der Waals surface area contributed by atoms with Gasteiger partial charge >= 0.3 is 6.03 Å². The van der Waals surface area contributed by atoms with Crippen molar-refractivity contribution >= 4 is 11.9 Å².